The molecule has 0 unspecified atom stereocenters. The largest absolute Gasteiger partial charge is 0.396 e. The van der Waals surface area contributed by atoms with Crippen LogP contribution in [0.15, 0.2) is 12.1 Å². The molecule has 0 aliphatic heterocycles. The number of nitrogens with two attached hydrogens (primary N) is 1. The van der Waals surface area contributed by atoms with Crippen LogP contribution >= 0.6 is 11.6 Å². The van der Waals surface area contributed by atoms with Gasteiger partial charge in [0, 0.05) is 19.1 Å². The standard InChI is InChI=1S/C13H21ClN4/c1-18(10-4-2-3-5-10)9-8-16-13-11(15)6-7-12(14)17-13/h6-7,10H,2-5,8-9,15H2,1H3,(H,16,17). The van der Waals surface area contributed by atoms with Gasteiger partial charge in [-0.25, -0.2) is 4.98 Å². The Hall–Kier alpha value is -1.00. The molecule has 0 atom stereocenters. The first kappa shape index (κ1) is 13.4. The van der Waals surface area contributed by atoms with Crippen LogP contribution in [-0.2, 0) is 0 Å². The highest BCUT2D eigenvalue weighted by Gasteiger charge is 2.18. The van der Waals surface area contributed by atoms with E-state index in [9.17, 15) is 0 Å². The van der Waals surface area contributed by atoms with Gasteiger partial charge >= 0.3 is 0 Å². The summed E-state index contributed by atoms with van der Waals surface area (Å²) in [6.45, 7) is 1.84. The maximum absolute atomic E-state index is 5.84. The lowest BCUT2D eigenvalue weighted by Crippen LogP contribution is -2.33. The van der Waals surface area contributed by atoms with Gasteiger partial charge in [-0.1, -0.05) is 24.4 Å². The number of hydrogen-bond donors (Lipinski definition) is 2. The summed E-state index contributed by atoms with van der Waals surface area (Å²) in [6.07, 6.45) is 5.39. The molecule has 1 heterocycles. The molecular formula is C13H21ClN4. The monoisotopic (exact) mass is 268 g/mol. The van der Waals surface area contributed by atoms with Crippen molar-refractivity contribution in [2.75, 3.05) is 31.2 Å². The van der Waals surface area contributed by atoms with E-state index in [1.807, 2.05) is 0 Å². The summed E-state index contributed by atoms with van der Waals surface area (Å²) in [5.41, 5.74) is 6.47. The summed E-state index contributed by atoms with van der Waals surface area (Å²) < 4.78 is 0. The van der Waals surface area contributed by atoms with Gasteiger partial charge in [-0.2, -0.15) is 0 Å². The van der Waals surface area contributed by atoms with Crippen molar-refractivity contribution in [1.82, 2.24) is 9.88 Å². The SMILES string of the molecule is CN(CCNc1nc(Cl)ccc1N)C1CCCC1. The molecule has 0 saturated heterocycles. The van der Waals surface area contributed by atoms with Gasteiger partial charge in [-0.3, -0.25) is 0 Å². The van der Waals surface area contributed by atoms with Crippen molar-refractivity contribution in [3.63, 3.8) is 0 Å². The maximum Gasteiger partial charge on any atom is 0.151 e. The topological polar surface area (TPSA) is 54.2 Å². The van der Waals surface area contributed by atoms with Gasteiger partial charge in [0.25, 0.3) is 0 Å². The molecule has 18 heavy (non-hydrogen) atoms. The fourth-order valence-electron chi connectivity index (χ4n) is 2.47. The molecule has 4 nitrogen and oxygen atoms in total. The summed E-state index contributed by atoms with van der Waals surface area (Å²) >= 11 is 5.84. The van der Waals surface area contributed by atoms with Crippen LogP contribution < -0.4 is 11.1 Å². The number of anilines is 2. The van der Waals surface area contributed by atoms with Crippen LogP contribution in [0.4, 0.5) is 11.5 Å². The number of halogens is 1. The minimum atomic E-state index is 0.468. The van der Waals surface area contributed by atoms with E-state index in [1.54, 1.807) is 12.1 Å². The minimum absolute atomic E-state index is 0.468. The summed E-state index contributed by atoms with van der Waals surface area (Å²) in [4.78, 5) is 6.60. The van der Waals surface area contributed by atoms with Gasteiger partial charge < -0.3 is 16.0 Å². The molecule has 0 amide bonds. The molecule has 1 saturated carbocycles. The molecule has 1 aromatic rings. The predicted octanol–water partition coefficient (Wildman–Crippen LogP) is 2.60. The van der Waals surface area contributed by atoms with Crippen molar-refractivity contribution in [3.8, 4) is 0 Å². The summed E-state index contributed by atoms with van der Waals surface area (Å²) in [5.74, 6) is 0.683. The van der Waals surface area contributed by atoms with Crippen molar-refractivity contribution in [3.05, 3.63) is 17.3 Å². The Bertz CT molecular complexity index is 391. The van der Waals surface area contributed by atoms with Crippen LogP contribution in [0.3, 0.4) is 0 Å². The molecule has 1 aromatic heterocycles. The minimum Gasteiger partial charge on any atom is -0.396 e. The lowest BCUT2D eigenvalue weighted by Gasteiger charge is -2.24. The Morgan fingerprint density at radius 2 is 2.17 bits per heavy atom. The van der Waals surface area contributed by atoms with E-state index >= 15 is 0 Å². The Kier molecular flexibility index (Phi) is 4.66. The molecule has 5 heteroatoms. The molecule has 0 spiro atoms. The quantitative estimate of drug-likeness (QED) is 0.806. The Morgan fingerprint density at radius 3 is 2.89 bits per heavy atom. The normalized spacial score (nSPS) is 16.4. The Morgan fingerprint density at radius 1 is 1.44 bits per heavy atom. The van der Waals surface area contributed by atoms with E-state index < -0.39 is 0 Å². The van der Waals surface area contributed by atoms with Crippen molar-refractivity contribution in [2.45, 2.75) is 31.7 Å². The molecule has 2 rings (SSSR count). The van der Waals surface area contributed by atoms with E-state index in [-0.39, 0.29) is 0 Å². The third-order valence-electron chi connectivity index (χ3n) is 3.60. The first-order valence-electron chi connectivity index (χ1n) is 6.53. The second-order valence-electron chi connectivity index (χ2n) is 4.92. The average molecular weight is 269 g/mol. The molecule has 1 aliphatic carbocycles. The third kappa shape index (κ3) is 3.50. The van der Waals surface area contributed by atoms with Gasteiger partial charge in [-0.15, -0.1) is 0 Å². The van der Waals surface area contributed by atoms with Crippen molar-refractivity contribution >= 4 is 23.1 Å². The van der Waals surface area contributed by atoms with Crippen molar-refractivity contribution in [2.24, 2.45) is 0 Å². The maximum atomic E-state index is 5.84. The van der Waals surface area contributed by atoms with Crippen LogP contribution in [0.25, 0.3) is 0 Å². The number of hydrogen-bond acceptors (Lipinski definition) is 4. The summed E-state index contributed by atoms with van der Waals surface area (Å²) in [7, 11) is 2.19. The molecule has 0 radical (unpaired) electrons. The lowest BCUT2D eigenvalue weighted by molar-refractivity contribution is 0.254. The third-order valence-corrected chi connectivity index (χ3v) is 3.81. The molecular weight excluding hydrogens is 248 g/mol. The molecule has 100 valence electrons. The zero-order chi connectivity index (χ0) is 13.0. The summed E-state index contributed by atoms with van der Waals surface area (Å²) in [5, 5.41) is 3.71. The highest BCUT2D eigenvalue weighted by molar-refractivity contribution is 6.29. The molecule has 0 aromatic carbocycles. The highest BCUT2D eigenvalue weighted by atomic mass is 35.5. The second-order valence-corrected chi connectivity index (χ2v) is 5.30. The van der Waals surface area contributed by atoms with E-state index in [1.165, 1.54) is 25.7 Å². The van der Waals surface area contributed by atoms with E-state index in [4.69, 9.17) is 17.3 Å². The first-order valence-corrected chi connectivity index (χ1v) is 6.91. The number of nitrogen functional groups attached to an aromatic ring is 1. The van der Waals surface area contributed by atoms with Gasteiger partial charge in [0.05, 0.1) is 5.69 Å². The van der Waals surface area contributed by atoms with E-state index in [0.29, 0.717) is 16.7 Å². The second kappa shape index (κ2) is 6.25. The molecule has 1 aliphatic rings. The van der Waals surface area contributed by atoms with Crippen molar-refractivity contribution in [1.29, 1.82) is 0 Å². The van der Waals surface area contributed by atoms with Crippen LogP contribution in [0.5, 0.6) is 0 Å². The number of pyridine rings is 1. The average Bonchev–Trinajstić information content (AvgIpc) is 2.87. The number of nitrogens with one attached hydrogen (secondary N) is 1. The first-order chi connectivity index (χ1) is 8.66. The van der Waals surface area contributed by atoms with Crippen LogP contribution in [0.1, 0.15) is 25.7 Å². The van der Waals surface area contributed by atoms with Crippen LogP contribution in [0.2, 0.25) is 5.15 Å². The summed E-state index contributed by atoms with van der Waals surface area (Å²) in [6, 6.07) is 4.22. The number of nitrogens with zero attached hydrogens (tertiary/aromatic N) is 2. The van der Waals surface area contributed by atoms with Gasteiger partial charge in [0.2, 0.25) is 0 Å². The molecule has 3 N–H and O–H groups in total. The van der Waals surface area contributed by atoms with Crippen molar-refractivity contribution < 1.29 is 0 Å². The predicted molar refractivity (Wildman–Crippen MR) is 77.0 cm³/mol. The van der Waals surface area contributed by atoms with Crippen LogP contribution in [0, 0.1) is 0 Å². The van der Waals surface area contributed by atoms with Gasteiger partial charge in [0.15, 0.2) is 5.82 Å². The number of aromatic nitrogens is 1. The number of rotatable bonds is 5. The Labute approximate surface area is 114 Å². The number of likely N-dealkylation sites (N-methyl/N-ethyl adjacent to an activating group) is 1. The highest BCUT2D eigenvalue weighted by Crippen LogP contribution is 2.22. The lowest BCUT2D eigenvalue weighted by atomic mass is 10.2. The van der Waals surface area contributed by atoms with Gasteiger partial charge in [-0.05, 0) is 32.0 Å². The zero-order valence-electron chi connectivity index (χ0n) is 10.8. The fraction of sp³-hybridized carbons (Fsp3) is 0.615. The van der Waals surface area contributed by atoms with E-state index in [0.717, 1.165) is 19.1 Å². The Balaban J connectivity index is 1.79. The van der Waals surface area contributed by atoms with E-state index in [2.05, 4.69) is 22.2 Å². The van der Waals surface area contributed by atoms with Gasteiger partial charge in [0.1, 0.15) is 5.15 Å². The fourth-order valence-corrected chi connectivity index (χ4v) is 2.61. The molecule has 1 fully saturated rings. The van der Waals surface area contributed by atoms with Crippen LogP contribution in [-0.4, -0.2) is 36.1 Å². The smallest absolute Gasteiger partial charge is 0.151 e. The molecule has 0 bridgehead atoms. The zero-order valence-corrected chi connectivity index (χ0v) is 11.6.